The van der Waals surface area contributed by atoms with Gasteiger partial charge in [-0.25, -0.2) is 0 Å². The maximum absolute atomic E-state index is 5.17. The smallest absolute Gasteiger partial charge is 0.0706 e. The van der Waals surface area contributed by atoms with E-state index in [1.807, 2.05) is 18.3 Å². The molecule has 0 N–H and O–H groups in total. The molecule has 4 aromatic rings. The van der Waals surface area contributed by atoms with Gasteiger partial charge >= 0.3 is 0 Å². The molecule has 2 heteroatoms. The number of nitrogens with zero attached hydrogens (tertiary/aromatic N) is 2. The van der Waals surface area contributed by atoms with E-state index in [1.54, 1.807) is 0 Å². The van der Waals surface area contributed by atoms with Crippen molar-refractivity contribution in [2.45, 2.75) is 71.6 Å². The highest BCUT2D eigenvalue weighted by atomic mass is 14.8. The lowest BCUT2D eigenvalue weighted by molar-refractivity contribution is 0.589. The molecule has 2 aromatic heterocycles. The Morgan fingerprint density at radius 1 is 0.514 bits per heavy atom. The number of aromatic nitrogens is 2. The summed E-state index contributed by atoms with van der Waals surface area (Å²) in [5.74, 6) is 0. The molecular formula is C33H38N2. The Hall–Kier alpha value is -3.26. The topological polar surface area (TPSA) is 25.8 Å². The van der Waals surface area contributed by atoms with Crippen molar-refractivity contribution in [3.63, 3.8) is 0 Å². The predicted octanol–water partition coefficient (Wildman–Crippen LogP) is 8.73. The van der Waals surface area contributed by atoms with Crippen LogP contribution in [0.3, 0.4) is 0 Å². The van der Waals surface area contributed by atoms with Crippen molar-refractivity contribution in [2.24, 2.45) is 0 Å². The fourth-order valence-corrected chi connectivity index (χ4v) is 4.35. The minimum atomic E-state index is -0.289. The molecule has 0 amide bonds. The second-order valence-corrected chi connectivity index (χ2v) is 12.1. The highest BCUT2D eigenvalue weighted by Crippen LogP contribution is 2.36. The van der Waals surface area contributed by atoms with E-state index in [0.717, 1.165) is 22.6 Å². The average molecular weight is 463 g/mol. The highest BCUT2D eigenvalue weighted by molar-refractivity contribution is 5.74. The molecule has 0 fully saturated rings. The molecule has 2 nitrogen and oxygen atoms in total. The summed E-state index contributed by atoms with van der Waals surface area (Å²) in [6.07, 6.45) is 1.85. The van der Waals surface area contributed by atoms with E-state index in [0.29, 0.717) is 0 Å². The molecule has 0 bridgehead atoms. The van der Waals surface area contributed by atoms with Crippen molar-refractivity contribution in [3.05, 3.63) is 108 Å². The number of pyridine rings is 2. The molecule has 0 aliphatic heterocycles. The molecule has 0 aliphatic rings. The third kappa shape index (κ3) is 5.37. The molecule has 0 radical (unpaired) electrons. The zero-order chi connectivity index (χ0) is 25.4. The van der Waals surface area contributed by atoms with Crippen molar-refractivity contribution in [1.29, 1.82) is 0 Å². The summed E-state index contributed by atoms with van der Waals surface area (Å²) in [7, 11) is 0. The Labute approximate surface area is 211 Å². The van der Waals surface area contributed by atoms with Crippen LogP contribution in [0.1, 0.15) is 77.9 Å². The van der Waals surface area contributed by atoms with Crippen LogP contribution < -0.4 is 0 Å². The standard InChI is InChI=1S/C33H38N2/c1-31(2,3)26-14-11-13-23(20-26)24-19-25(22-27(21-24)32(4,5)6)28-15-12-17-30(35-28)33(7,8)29-16-9-10-18-34-29/h9-22H,1-8H3. The van der Waals surface area contributed by atoms with Gasteiger partial charge in [0.05, 0.1) is 17.1 Å². The quantitative estimate of drug-likeness (QED) is 0.303. The van der Waals surface area contributed by atoms with Gasteiger partial charge in [0.2, 0.25) is 0 Å². The second kappa shape index (κ2) is 9.07. The van der Waals surface area contributed by atoms with Gasteiger partial charge in [-0.05, 0) is 83.3 Å². The molecule has 2 heterocycles. The molecule has 0 aliphatic carbocycles. The second-order valence-electron chi connectivity index (χ2n) is 12.1. The molecule has 35 heavy (non-hydrogen) atoms. The Morgan fingerprint density at radius 2 is 1.14 bits per heavy atom. The summed E-state index contributed by atoms with van der Waals surface area (Å²) in [5.41, 5.74) is 9.15. The third-order valence-corrected chi connectivity index (χ3v) is 6.85. The molecule has 0 atom stereocenters. The Kier molecular flexibility index (Phi) is 6.44. The van der Waals surface area contributed by atoms with Gasteiger partial charge < -0.3 is 0 Å². The monoisotopic (exact) mass is 462 g/mol. The lowest BCUT2D eigenvalue weighted by atomic mass is 9.82. The first-order valence-electron chi connectivity index (χ1n) is 12.5. The van der Waals surface area contributed by atoms with Gasteiger partial charge in [-0.15, -0.1) is 0 Å². The van der Waals surface area contributed by atoms with Crippen molar-refractivity contribution in [3.8, 4) is 22.4 Å². The molecule has 180 valence electrons. The Morgan fingerprint density at radius 3 is 1.80 bits per heavy atom. The summed E-state index contributed by atoms with van der Waals surface area (Å²) in [6, 6.07) is 28.3. The largest absolute Gasteiger partial charge is 0.260 e. The first-order valence-corrected chi connectivity index (χ1v) is 12.5. The van der Waals surface area contributed by atoms with Gasteiger partial charge in [-0.3, -0.25) is 9.97 Å². The van der Waals surface area contributed by atoms with Crippen LogP contribution in [0.25, 0.3) is 22.4 Å². The van der Waals surface area contributed by atoms with Gasteiger partial charge in [-0.1, -0.05) is 84.0 Å². The fraction of sp³-hybridized carbons (Fsp3) is 0.333. The lowest BCUT2D eigenvalue weighted by Gasteiger charge is -2.25. The molecular weight excluding hydrogens is 424 g/mol. The van der Waals surface area contributed by atoms with Gasteiger partial charge in [0.25, 0.3) is 0 Å². The Balaban J connectivity index is 1.85. The number of hydrogen-bond acceptors (Lipinski definition) is 2. The highest BCUT2D eigenvalue weighted by Gasteiger charge is 2.26. The number of hydrogen-bond donors (Lipinski definition) is 0. The van der Waals surface area contributed by atoms with Crippen molar-refractivity contribution < 1.29 is 0 Å². The van der Waals surface area contributed by atoms with Crippen LogP contribution in [0.2, 0.25) is 0 Å². The molecule has 2 aromatic carbocycles. The van der Waals surface area contributed by atoms with Crippen LogP contribution in [0.5, 0.6) is 0 Å². The number of rotatable bonds is 4. The minimum absolute atomic E-state index is 0.0250. The number of benzene rings is 2. The molecule has 4 rings (SSSR count). The third-order valence-electron chi connectivity index (χ3n) is 6.85. The van der Waals surface area contributed by atoms with E-state index in [2.05, 4.69) is 127 Å². The summed E-state index contributed by atoms with van der Waals surface area (Å²) < 4.78 is 0. The van der Waals surface area contributed by atoms with Crippen molar-refractivity contribution >= 4 is 0 Å². The maximum Gasteiger partial charge on any atom is 0.0706 e. The lowest BCUT2D eigenvalue weighted by Crippen LogP contribution is -2.22. The summed E-state index contributed by atoms with van der Waals surface area (Å²) in [6.45, 7) is 18.0. The van der Waals surface area contributed by atoms with Crippen molar-refractivity contribution in [1.82, 2.24) is 9.97 Å². The fourth-order valence-electron chi connectivity index (χ4n) is 4.35. The molecule has 0 saturated heterocycles. The van der Waals surface area contributed by atoms with Crippen LogP contribution in [0.4, 0.5) is 0 Å². The summed E-state index contributed by atoms with van der Waals surface area (Å²) in [5, 5.41) is 0. The van der Waals surface area contributed by atoms with Crippen LogP contribution in [-0.4, -0.2) is 9.97 Å². The van der Waals surface area contributed by atoms with Crippen molar-refractivity contribution in [2.75, 3.05) is 0 Å². The van der Waals surface area contributed by atoms with E-state index in [1.165, 1.54) is 22.3 Å². The molecule has 0 spiro atoms. The SMILES string of the molecule is CC(C)(C)c1cccc(-c2cc(-c3cccc(C(C)(C)c4ccccn4)n3)cc(C(C)(C)C)c2)c1. The molecule has 0 unspecified atom stereocenters. The van der Waals surface area contributed by atoms with Crippen LogP contribution in [0.15, 0.2) is 85.1 Å². The first kappa shape index (κ1) is 24.9. The van der Waals surface area contributed by atoms with E-state index in [-0.39, 0.29) is 16.2 Å². The summed E-state index contributed by atoms with van der Waals surface area (Å²) >= 11 is 0. The van der Waals surface area contributed by atoms with Gasteiger partial charge in [0.15, 0.2) is 0 Å². The van der Waals surface area contributed by atoms with Gasteiger partial charge in [-0.2, -0.15) is 0 Å². The van der Waals surface area contributed by atoms with Gasteiger partial charge in [0, 0.05) is 17.2 Å². The normalized spacial score (nSPS) is 12.6. The maximum atomic E-state index is 5.17. The average Bonchev–Trinajstić information content (AvgIpc) is 2.83. The van der Waals surface area contributed by atoms with Crippen LogP contribution in [0, 0.1) is 0 Å². The summed E-state index contributed by atoms with van der Waals surface area (Å²) in [4.78, 5) is 9.78. The van der Waals surface area contributed by atoms with E-state index < -0.39 is 0 Å². The van der Waals surface area contributed by atoms with E-state index in [9.17, 15) is 0 Å². The zero-order valence-corrected chi connectivity index (χ0v) is 22.5. The van der Waals surface area contributed by atoms with E-state index in [4.69, 9.17) is 4.98 Å². The minimum Gasteiger partial charge on any atom is -0.260 e. The predicted molar refractivity (Wildman–Crippen MR) is 149 cm³/mol. The first-order chi connectivity index (χ1) is 16.4. The Bertz CT molecular complexity index is 1320. The van der Waals surface area contributed by atoms with Crippen LogP contribution >= 0.6 is 0 Å². The van der Waals surface area contributed by atoms with Crippen LogP contribution in [-0.2, 0) is 16.2 Å². The van der Waals surface area contributed by atoms with E-state index >= 15 is 0 Å². The van der Waals surface area contributed by atoms with Gasteiger partial charge in [0.1, 0.15) is 0 Å². The molecule has 0 saturated carbocycles. The zero-order valence-electron chi connectivity index (χ0n) is 22.5.